The number of hydrogen-bond acceptors (Lipinski definition) is 2. The second-order valence-corrected chi connectivity index (χ2v) is 3.64. The van der Waals surface area contributed by atoms with Crippen LogP contribution < -0.4 is 5.73 Å². The quantitative estimate of drug-likeness (QED) is 0.315. The van der Waals surface area contributed by atoms with E-state index in [1.165, 1.54) is 0 Å². The van der Waals surface area contributed by atoms with Crippen molar-refractivity contribution in [1.82, 2.24) is 4.98 Å². The number of hydrogen-bond donors (Lipinski definition) is 3. The third-order valence-corrected chi connectivity index (χ3v) is 2.62. The first-order valence-corrected chi connectivity index (χ1v) is 4.77. The van der Waals surface area contributed by atoms with Crippen LogP contribution in [0, 0.1) is 0 Å². The van der Waals surface area contributed by atoms with E-state index in [9.17, 15) is 0 Å². The molecule has 0 saturated carbocycles. The maximum atomic E-state index is 8.62. The molecule has 1 aromatic heterocycles. The van der Waals surface area contributed by atoms with Gasteiger partial charge in [0.15, 0.2) is 5.84 Å². The van der Waals surface area contributed by atoms with Gasteiger partial charge in [-0.2, -0.15) is 0 Å². The van der Waals surface area contributed by atoms with E-state index in [-0.39, 0.29) is 5.84 Å². The van der Waals surface area contributed by atoms with E-state index >= 15 is 0 Å². The lowest BCUT2D eigenvalue weighted by molar-refractivity contribution is 0.318. The monoisotopic (exact) mass is 253 g/mol. The highest BCUT2D eigenvalue weighted by Gasteiger charge is 2.12. The molecular formula is C9H8BrN3O. The van der Waals surface area contributed by atoms with Crippen LogP contribution in [0.1, 0.15) is 5.56 Å². The van der Waals surface area contributed by atoms with Crippen LogP contribution in [0.3, 0.4) is 0 Å². The van der Waals surface area contributed by atoms with E-state index < -0.39 is 0 Å². The molecule has 0 unspecified atom stereocenters. The molecule has 0 atom stereocenters. The van der Waals surface area contributed by atoms with Crippen molar-refractivity contribution in [2.75, 3.05) is 0 Å². The van der Waals surface area contributed by atoms with Crippen LogP contribution in [0.2, 0.25) is 0 Å². The van der Waals surface area contributed by atoms with Gasteiger partial charge in [0.2, 0.25) is 0 Å². The highest BCUT2D eigenvalue weighted by molar-refractivity contribution is 9.10. The number of H-pyrrole nitrogens is 1. The number of aromatic amines is 1. The Morgan fingerprint density at radius 2 is 2.14 bits per heavy atom. The van der Waals surface area contributed by atoms with E-state index in [0.717, 1.165) is 10.9 Å². The second-order valence-electron chi connectivity index (χ2n) is 2.84. The third-order valence-electron chi connectivity index (χ3n) is 2.02. The number of aromatic nitrogens is 1. The highest BCUT2D eigenvalue weighted by atomic mass is 79.9. The maximum absolute atomic E-state index is 8.62. The Labute approximate surface area is 88.5 Å². The second kappa shape index (κ2) is 3.34. The Morgan fingerprint density at radius 1 is 1.43 bits per heavy atom. The molecule has 2 aromatic rings. The minimum absolute atomic E-state index is 0.0920. The van der Waals surface area contributed by atoms with E-state index in [1.807, 2.05) is 24.3 Å². The highest BCUT2D eigenvalue weighted by Crippen LogP contribution is 2.25. The van der Waals surface area contributed by atoms with Crippen molar-refractivity contribution in [3.63, 3.8) is 0 Å². The van der Waals surface area contributed by atoms with Crippen molar-refractivity contribution in [1.29, 1.82) is 0 Å². The summed E-state index contributed by atoms with van der Waals surface area (Å²) in [5.41, 5.74) is 7.18. The molecule has 0 radical (unpaired) electrons. The molecule has 14 heavy (non-hydrogen) atoms. The van der Waals surface area contributed by atoms with Gasteiger partial charge in [-0.1, -0.05) is 23.4 Å². The average molecular weight is 254 g/mol. The average Bonchev–Trinajstić information content (AvgIpc) is 2.53. The van der Waals surface area contributed by atoms with Gasteiger partial charge in [-0.25, -0.2) is 0 Å². The fourth-order valence-electron chi connectivity index (χ4n) is 1.41. The van der Waals surface area contributed by atoms with Crippen molar-refractivity contribution in [3.8, 4) is 0 Å². The van der Waals surface area contributed by atoms with E-state index in [1.54, 1.807) is 0 Å². The summed E-state index contributed by atoms with van der Waals surface area (Å²) < 4.78 is 0.717. The van der Waals surface area contributed by atoms with Gasteiger partial charge in [0.05, 0.1) is 10.2 Å². The summed E-state index contributed by atoms with van der Waals surface area (Å²) in [4.78, 5) is 3.09. The lowest BCUT2D eigenvalue weighted by Gasteiger charge is -1.96. The number of oxime groups is 1. The smallest absolute Gasteiger partial charge is 0.173 e. The fraction of sp³-hybridized carbons (Fsp3) is 0. The van der Waals surface area contributed by atoms with Gasteiger partial charge in [0.1, 0.15) is 0 Å². The number of amidine groups is 1. The van der Waals surface area contributed by atoms with Crippen molar-refractivity contribution >= 4 is 32.7 Å². The molecule has 4 nitrogen and oxygen atoms in total. The van der Waals surface area contributed by atoms with Gasteiger partial charge in [-0.3, -0.25) is 0 Å². The van der Waals surface area contributed by atoms with Crippen molar-refractivity contribution < 1.29 is 5.21 Å². The fourth-order valence-corrected chi connectivity index (χ4v) is 2.04. The number of halogens is 1. The Kier molecular flexibility index (Phi) is 2.17. The molecule has 5 heteroatoms. The zero-order valence-corrected chi connectivity index (χ0v) is 8.75. The number of nitrogens with one attached hydrogen (secondary N) is 1. The molecule has 0 aliphatic rings. The zero-order valence-electron chi connectivity index (χ0n) is 7.16. The summed E-state index contributed by atoms with van der Waals surface area (Å²) in [6, 6.07) is 7.65. The summed E-state index contributed by atoms with van der Waals surface area (Å²) in [5.74, 6) is 0.0920. The molecule has 1 aromatic carbocycles. The van der Waals surface area contributed by atoms with Crippen LogP contribution in [0.25, 0.3) is 10.9 Å². The predicted molar refractivity (Wildman–Crippen MR) is 58.5 cm³/mol. The number of para-hydroxylation sites is 1. The first-order valence-electron chi connectivity index (χ1n) is 3.98. The van der Waals surface area contributed by atoms with Gasteiger partial charge in [0, 0.05) is 10.9 Å². The maximum Gasteiger partial charge on any atom is 0.173 e. The van der Waals surface area contributed by atoms with E-state index in [0.29, 0.717) is 10.2 Å². The van der Waals surface area contributed by atoms with Crippen LogP contribution in [0.4, 0.5) is 0 Å². The Morgan fingerprint density at radius 3 is 2.86 bits per heavy atom. The molecule has 0 bridgehead atoms. The van der Waals surface area contributed by atoms with Crippen LogP contribution in [0.15, 0.2) is 34.0 Å². The first-order chi connectivity index (χ1) is 6.74. The summed E-state index contributed by atoms with van der Waals surface area (Å²) in [5, 5.41) is 12.5. The molecule has 1 heterocycles. The SMILES string of the molecule is NC(=NO)c1c(Br)[nH]c2ccccc12. The number of nitrogens with two attached hydrogens (primary N) is 1. The van der Waals surface area contributed by atoms with E-state index in [4.69, 9.17) is 10.9 Å². The molecule has 0 saturated heterocycles. The molecule has 0 spiro atoms. The summed E-state index contributed by atoms with van der Waals surface area (Å²) >= 11 is 3.32. The standard InChI is InChI=1S/C9H8BrN3O/c10-8-7(9(11)13-14)5-3-1-2-4-6(5)12-8/h1-4,12,14H,(H2,11,13). The van der Waals surface area contributed by atoms with Crippen LogP contribution in [0.5, 0.6) is 0 Å². The molecule has 2 rings (SSSR count). The van der Waals surface area contributed by atoms with Gasteiger partial charge in [-0.15, -0.1) is 0 Å². The minimum atomic E-state index is 0.0920. The van der Waals surface area contributed by atoms with Crippen molar-refractivity contribution in [2.24, 2.45) is 10.9 Å². The lowest BCUT2D eigenvalue weighted by Crippen LogP contribution is -2.12. The topological polar surface area (TPSA) is 74.4 Å². The molecular weight excluding hydrogens is 246 g/mol. The molecule has 72 valence electrons. The van der Waals surface area contributed by atoms with E-state index in [2.05, 4.69) is 26.1 Å². The Bertz CT molecular complexity index is 504. The Hall–Kier alpha value is -1.49. The lowest BCUT2D eigenvalue weighted by atomic mass is 10.1. The first kappa shape index (κ1) is 9.08. The molecule has 0 amide bonds. The number of benzene rings is 1. The molecule has 0 fully saturated rings. The number of nitrogens with zero attached hydrogens (tertiary/aromatic N) is 1. The Balaban J connectivity index is 2.81. The molecule has 0 aliphatic heterocycles. The van der Waals surface area contributed by atoms with Gasteiger partial charge in [0.25, 0.3) is 0 Å². The molecule has 4 N–H and O–H groups in total. The number of fused-ring (bicyclic) bond motifs is 1. The zero-order chi connectivity index (χ0) is 10.1. The van der Waals surface area contributed by atoms with Crippen LogP contribution in [-0.2, 0) is 0 Å². The van der Waals surface area contributed by atoms with Crippen LogP contribution in [-0.4, -0.2) is 16.0 Å². The predicted octanol–water partition coefficient (Wildman–Crippen LogP) is 2.02. The molecule has 0 aliphatic carbocycles. The largest absolute Gasteiger partial charge is 0.409 e. The van der Waals surface area contributed by atoms with Crippen molar-refractivity contribution in [3.05, 3.63) is 34.4 Å². The summed E-state index contributed by atoms with van der Waals surface area (Å²) in [6.07, 6.45) is 0. The normalized spacial score (nSPS) is 12.2. The summed E-state index contributed by atoms with van der Waals surface area (Å²) in [7, 11) is 0. The third kappa shape index (κ3) is 1.26. The van der Waals surface area contributed by atoms with Crippen molar-refractivity contribution in [2.45, 2.75) is 0 Å². The summed E-state index contributed by atoms with van der Waals surface area (Å²) in [6.45, 7) is 0. The van der Waals surface area contributed by atoms with Crippen LogP contribution >= 0.6 is 15.9 Å². The van der Waals surface area contributed by atoms with Gasteiger partial charge >= 0.3 is 0 Å². The van der Waals surface area contributed by atoms with Gasteiger partial charge in [-0.05, 0) is 22.0 Å². The van der Waals surface area contributed by atoms with Gasteiger partial charge < -0.3 is 15.9 Å². The number of rotatable bonds is 1. The minimum Gasteiger partial charge on any atom is -0.409 e.